The summed E-state index contributed by atoms with van der Waals surface area (Å²) in [5.74, 6) is 0.789. The maximum absolute atomic E-state index is 5.88. The van der Waals surface area contributed by atoms with Gasteiger partial charge in [-0.1, -0.05) is 6.92 Å². The van der Waals surface area contributed by atoms with E-state index in [1.807, 2.05) is 0 Å². The zero-order valence-corrected chi connectivity index (χ0v) is 6.56. The summed E-state index contributed by atoms with van der Waals surface area (Å²) in [4.78, 5) is 0. The topological polar surface area (TPSA) is 38.0 Å². The summed E-state index contributed by atoms with van der Waals surface area (Å²) in [6, 6.07) is 0.495. The third-order valence-electron chi connectivity index (χ3n) is 3.49. The van der Waals surface area contributed by atoms with Gasteiger partial charge >= 0.3 is 0 Å². The Bertz CT molecular complexity index is 146. The first kappa shape index (κ1) is 6.62. The smallest absolute Gasteiger partial charge is 0.00909 e. The molecule has 2 fully saturated rings. The maximum Gasteiger partial charge on any atom is 0.00909 e. The Morgan fingerprint density at radius 2 is 2.50 bits per heavy atom. The number of nitrogens with two attached hydrogens (primary N) is 1. The second-order valence-corrected chi connectivity index (χ2v) is 3.82. The summed E-state index contributed by atoms with van der Waals surface area (Å²) >= 11 is 0. The average molecular weight is 140 g/mol. The van der Waals surface area contributed by atoms with Crippen molar-refractivity contribution in [3.8, 4) is 0 Å². The molecule has 0 amide bonds. The van der Waals surface area contributed by atoms with Crippen LogP contribution >= 0.6 is 0 Å². The van der Waals surface area contributed by atoms with E-state index < -0.39 is 0 Å². The summed E-state index contributed by atoms with van der Waals surface area (Å²) < 4.78 is 0. The van der Waals surface area contributed by atoms with E-state index in [0.29, 0.717) is 11.5 Å². The van der Waals surface area contributed by atoms with Crippen LogP contribution in [0.25, 0.3) is 0 Å². The molecule has 0 spiro atoms. The van der Waals surface area contributed by atoms with Crippen molar-refractivity contribution in [1.29, 1.82) is 0 Å². The molecule has 0 aromatic heterocycles. The molecule has 0 aromatic rings. The lowest BCUT2D eigenvalue weighted by Crippen LogP contribution is -2.54. The van der Waals surface area contributed by atoms with Gasteiger partial charge in [-0.3, -0.25) is 0 Å². The van der Waals surface area contributed by atoms with Crippen molar-refractivity contribution < 1.29 is 0 Å². The molecule has 0 bridgehead atoms. The Labute approximate surface area is 62.2 Å². The van der Waals surface area contributed by atoms with Gasteiger partial charge in [-0.15, -0.1) is 0 Å². The van der Waals surface area contributed by atoms with Crippen LogP contribution in [0.2, 0.25) is 0 Å². The van der Waals surface area contributed by atoms with Crippen LogP contribution in [-0.2, 0) is 0 Å². The van der Waals surface area contributed by atoms with Gasteiger partial charge in [0.15, 0.2) is 0 Å². The Balaban J connectivity index is 2.11. The van der Waals surface area contributed by atoms with Gasteiger partial charge in [0.1, 0.15) is 0 Å². The summed E-state index contributed by atoms with van der Waals surface area (Å²) in [5, 5.41) is 3.43. The van der Waals surface area contributed by atoms with Gasteiger partial charge in [-0.2, -0.15) is 0 Å². The summed E-state index contributed by atoms with van der Waals surface area (Å²) in [6.07, 6.45) is 2.56. The van der Waals surface area contributed by atoms with Crippen LogP contribution in [-0.4, -0.2) is 19.1 Å². The van der Waals surface area contributed by atoms with Crippen LogP contribution in [0.3, 0.4) is 0 Å². The largest absolute Gasteiger partial charge is 0.327 e. The molecule has 1 heterocycles. The molecular formula is C8H16N2. The maximum atomic E-state index is 5.88. The van der Waals surface area contributed by atoms with Crippen molar-refractivity contribution in [3.05, 3.63) is 0 Å². The molecule has 2 heteroatoms. The van der Waals surface area contributed by atoms with Gasteiger partial charge in [0, 0.05) is 19.1 Å². The average Bonchev–Trinajstić information content (AvgIpc) is 2.26. The minimum atomic E-state index is 0.495. The van der Waals surface area contributed by atoms with Crippen molar-refractivity contribution in [2.45, 2.75) is 25.8 Å². The molecule has 1 aliphatic carbocycles. The molecule has 3 atom stereocenters. The Morgan fingerprint density at radius 1 is 1.70 bits per heavy atom. The van der Waals surface area contributed by atoms with Gasteiger partial charge in [0.05, 0.1) is 0 Å². The van der Waals surface area contributed by atoms with E-state index in [-0.39, 0.29) is 0 Å². The predicted octanol–water partition coefficient (Wildman–Crippen LogP) is 0.333. The molecule has 1 saturated carbocycles. The molecule has 0 radical (unpaired) electrons. The first-order valence-electron chi connectivity index (χ1n) is 4.25. The molecule has 58 valence electrons. The lowest BCUT2D eigenvalue weighted by atomic mass is 9.58. The first-order valence-corrected chi connectivity index (χ1v) is 4.25. The molecule has 1 aliphatic heterocycles. The number of hydrogen-bond donors (Lipinski definition) is 2. The summed E-state index contributed by atoms with van der Waals surface area (Å²) in [6.45, 7) is 4.66. The fourth-order valence-corrected chi connectivity index (χ4v) is 2.64. The van der Waals surface area contributed by atoms with Gasteiger partial charge in [0.25, 0.3) is 0 Å². The van der Waals surface area contributed by atoms with E-state index in [1.165, 1.54) is 19.4 Å². The van der Waals surface area contributed by atoms with Crippen LogP contribution in [0.15, 0.2) is 0 Å². The highest BCUT2D eigenvalue weighted by Crippen LogP contribution is 2.50. The minimum Gasteiger partial charge on any atom is -0.327 e. The summed E-state index contributed by atoms with van der Waals surface area (Å²) in [7, 11) is 0. The lowest BCUT2D eigenvalue weighted by molar-refractivity contribution is 0.0513. The fraction of sp³-hybridized carbons (Fsp3) is 1.00. The second kappa shape index (κ2) is 1.95. The number of nitrogens with one attached hydrogen (secondary N) is 1. The van der Waals surface area contributed by atoms with Crippen LogP contribution in [0.1, 0.15) is 19.8 Å². The van der Waals surface area contributed by atoms with Gasteiger partial charge in [-0.25, -0.2) is 0 Å². The van der Waals surface area contributed by atoms with Crippen molar-refractivity contribution in [1.82, 2.24) is 5.32 Å². The second-order valence-electron chi connectivity index (χ2n) is 3.82. The van der Waals surface area contributed by atoms with E-state index in [0.717, 1.165) is 12.5 Å². The molecule has 3 N–H and O–H groups in total. The predicted molar refractivity (Wildman–Crippen MR) is 41.7 cm³/mol. The quantitative estimate of drug-likeness (QED) is 0.551. The monoisotopic (exact) mass is 140 g/mol. The van der Waals surface area contributed by atoms with Crippen molar-refractivity contribution in [2.75, 3.05) is 13.1 Å². The third kappa shape index (κ3) is 0.611. The number of fused-ring (bicyclic) bond motifs is 1. The van der Waals surface area contributed by atoms with E-state index in [2.05, 4.69) is 12.2 Å². The molecule has 2 aliphatic rings. The molecule has 2 rings (SSSR count). The standard InChI is InChI=1S/C8H16N2/c1-2-8-3-7(9)6(8)4-10-5-8/h6-7,10H,2-5,9H2,1H3. The van der Waals surface area contributed by atoms with Crippen LogP contribution in [0.5, 0.6) is 0 Å². The lowest BCUT2D eigenvalue weighted by Gasteiger charge is -2.49. The highest BCUT2D eigenvalue weighted by molar-refractivity contribution is 5.08. The zero-order valence-electron chi connectivity index (χ0n) is 6.56. The molecule has 10 heavy (non-hydrogen) atoms. The molecular weight excluding hydrogens is 124 g/mol. The van der Waals surface area contributed by atoms with E-state index >= 15 is 0 Å². The molecule has 3 unspecified atom stereocenters. The van der Waals surface area contributed by atoms with E-state index in [4.69, 9.17) is 5.73 Å². The van der Waals surface area contributed by atoms with Gasteiger partial charge < -0.3 is 11.1 Å². The van der Waals surface area contributed by atoms with Crippen molar-refractivity contribution in [3.63, 3.8) is 0 Å². The van der Waals surface area contributed by atoms with E-state index in [1.54, 1.807) is 0 Å². The summed E-state index contributed by atoms with van der Waals surface area (Å²) in [5.41, 5.74) is 6.49. The highest BCUT2D eigenvalue weighted by Gasteiger charge is 2.53. The molecule has 0 aromatic carbocycles. The van der Waals surface area contributed by atoms with Gasteiger partial charge in [-0.05, 0) is 24.2 Å². The minimum absolute atomic E-state index is 0.495. The van der Waals surface area contributed by atoms with Gasteiger partial charge in [0.2, 0.25) is 0 Å². The Kier molecular flexibility index (Phi) is 1.29. The van der Waals surface area contributed by atoms with Crippen molar-refractivity contribution >= 4 is 0 Å². The van der Waals surface area contributed by atoms with Crippen molar-refractivity contribution in [2.24, 2.45) is 17.1 Å². The van der Waals surface area contributed by atoms with Crippen LogP contribution < -0.4 is 11.1 Å². The number of rotatable bonds is 1. The molecule has 1 saturated heterocycles. The SMILES string of the molecule is CCC12CNCC1C(N)C2. The van der Waals surface area contributed by atoms with E-state index in [9.17, 15) is 0 Å². The fourth-order valence-electron chi connectivity index (χ4n) is 2.64. The Morgan fingerprint density at radius 3 is 3.00 bits per heavy atom. The Hall–Kier alpha value is -0.0800. The highest BCUT2D eigenvalue weighted by atomic mass is 15.0. The zero-order chi connectivity index (χ0) is 7.19. The van der Waals surface area contributed by atoms with Crippen LogP contribution in [0, 0.1) is 11.3 Å². The third-order valence-corrected chi connectivity index (χ3v) is 3.49. The first-order chi connectivity index (χ1) is 4.78. The number of hydrogen-bond acceptors (Lipinski definition) is 2. The molecule has 2 nitrogen and oxygen atoms in total. The normalized spacial score (nSPS) is 52.2. The van der Waals surface area contributed by atoms with Crippen LogP contribution in [0.4, 0.5) is 0 Å².